The minimum Gasteiger partial charge on any atom is -0.497 e. The number of methoxy groups -OCH3 is 2. The molecule has 26 heavy (non-hydrogen) atoms. The third-order valence-electron chi connectivity index (χ3n) is 3.89. The zero-order valence-corrected chi connectivity index (χ0v) is 15.0. The summed E-state index contributed by atoms with van der Waals surface area (Å²) < 4.78 is 15.6. The van der Waals surface area contributed by atoms with Crippen molar-refractivity contribution < 1.29 is 14.0 Å². The molecule has 7 nitrogen and oxygen atoms in total. The van der Waals surface area contributed by atoms with Gasteiger partial charge in [0.1, 0.15) is 11.9 Å². The monoisotopic (exact) mass is 354 g/mol. The fourth-order valence-electron chi connectivity index (χ4n) is 2.63. The van der Waals surface area contributed by atoms with E-state index in [4.69, 9.17) is 19.7 Å². The van der Waals surface area contributed by atoms with E-state index in [0.717, 1.165) is 28.1 Å². The predicted molar refractivity (Wildman–Crippen MR) is 98.7 cm³/mol. The SMILES string of the molecule is COCc1cc(OC)cc(C(N)Nc2ccc(-c3noc(C)n3)cc2)c1. The number of aromatic nitrogens is 2. The standard InChI is InChI=1S/C19H22N4O3/c1-12-21-19(23-26-12)14-4-6-16(7-5-14)22-18(20)15-8-13(11-24-2)9-17(10-15)25-3/h4-10,18,22H,11,20H2,1-3H3. The Morgan fingerprint density at radius 1 is 1.15 bits per heavy atom. The minimum atomic E-state index is -0.390. The molecule has 0 aliphatic heterocycles. The molecule has 1 unspecified atom stereocenters. The van der Waals surface area contributed by atoms with Crippen molar-refractivity contribution in [1.82, 2.24) is 10.1 Å². The molecule has 0 radical (unpaired) electrons. The van der Waals surface area contributed by atoms with Crippen molar-refractivity contribution in [2.75, 3.05) is 19.5 Å². The number of hydrogen-bond acceptors (Lipinski definition) is 7. The maximum Gasteiger partial charge on any atom is 0.223 e. The summed E-state index contributed by atoms with van der Waals surface area (Å²) >= 11 is 0. The second-order valence-corrected chi connectivity index (χ2v) is 5.88. The number of anilines is 1. The van der Waals surface area contributed by atoms with Crippen LogP contribution >= 0.6 is 0 Å². The van der Waals surface area contributed by atoms with Crippen molar-refractivity contribution in [3.05, 3.63) is 59.5 Å². The number of hydrogen-bond donors (Lipinski definition) is 2. The molecule has 0 saturated carbocycles. The quantitative estimate of drug-likeness (QED) is 0.629. The zero-order chi connectivity index (χ0) is 18.5. The molecule has 136 valence electrons. The van der Waals surface area contributed by atoms with Crippen molar-refractivity contribution in [2.45, 2.75) is 19.7 Å². The second-order valence-electron chi connectivity index (χ2n) is 5.88. The molecule has 0 aliphatic carbocycles. The molecule has 0 aliphatic rings. The highest BCUT2D eigenvalue weighted by molar-refractivity contribution is 5.59. The van der Waals surface area contributed by atoms with Crippen molar-refractivity contribution in [3.63, 3.8) is 0 Å². The molecule has 0 fully saturated rings. The van der Waals surface area contributed by atoms with Gasteiger partial charge in [-0.1, -0.05) is 5.16 Å². The van der Waals surface area contributed by atoms with E-state index >= 15 is 0 Å². The van der Waals surface area contributed by atoms with Gasteiger partial charge in [0, 0.05) is 25.3 Å². The van der Waals surface area contributed by atoms with Gasteiger partial charge in [-0.25, -0.2) is 0 Å². The highest BCUT2D eigenvalue weighted by Crippen LogP contribution is 2.24. The van der Waals surface area contributed by atoms with E-state index in [1.54, 1.807) is 21.1 Å². The molecule has 3 rings (SSSR count). The summed E-state index contributed by atoms with van der Waals surface area (Å²) in [6.45, 7) is 2.26. The Kier molecular flexibility index (Phi) is 5.50. The van der Waals surface area contributed by atoms with Crippen molar-refractivity contribution in [1.29, 1.82) is 0 Å². The maximum absolute atomic E-state index is 6.32. The Balaban J connectivity index is 1.75. The first-order valence-corrected chi connectivity index (χ1v) is 8.18. The lowest BCUT2D eigenvalue weighted by Gasteiger charge is -2.18. The fourth-order valence-corrected chi connectivity index (χ4v) is 2.63. The Morgan fingerprint density at radius 2 is 1.92 bits per heavy atom. The Hall–Kier alpha value is -2.90. The van der Waals surface area contributed by atoms with E-state index in [-0.39, 0.29) is 6.17 Å². The Bertz CT molecular complexity index is 861. The van der Waals surface area contributed by atoms with Gasteiger partial charge < -0.3 is 25.0 Å². The fraction of sp³-hybridized carbons (Fsp3) is 0.263. The average molecular weight is 354 g/mol. The number of nitrogens with two attached hydrogens (primary N) is 1. The number of nitrogens with one attached hydrogen (secondary N) is 1. The van der Waals surface area contributed by atoms with E-state index in [1.807, 2.05) is 42.5 Å². The molecule has 0 spiro atoms. The molecule has 0 saturated heterocycles. The summed E-state index contributed by atoms with van der Waals surface area (Å²) in [6, 6.07) is 13.5. The zero-order valence-electron chi connectivity index (χ0n) is 15.0. The number of aryl methyl sites for hydroxylation is 1. The topological polar surface area (TPSA) is 95.4 Å². The highest BCUT2D eigenvalue weighted by atomic mass is 16.5. The summed E-state index contributed by atoms with van der Waals surface area (Å²) in [5.74, 6) is 1.85. The molecule has 0 bridgehead atoms. The molecule has 1 atom stereocenters. The van der Waals surface area contributed by atoms with Gasteiger partial charge in [0.2, 0.25) is 11.7 Å². The summed E-state index contributed by atoms with van der Waals surface area (Å²) in [4.78, 5) is 4.22. The summed E-state index contributed by atoms with van der Waals surface area (Å²) in [6.07, 6.45) is -0.390. The first kappa shape index (κ1) is 17.9. The highest BCUT2D eigenvalue weighted by Gasteiger charge is 2.11. The first-order chi connectivity index (χ1) is 12.6. The van der Waals surface area contributed by atoms with Gasteiger partial charge in [-0.2, -0.15) is 4.98 Å². The molecule has 7 heteroatoms. The Morgan fingerprint density at radius 3 is 2.54 bits per heavy atom. The molecule has 1 aromatic heterocycles. The first-order valence-electron chi connectivity index (χ1n) is 8.18. The van der Waals surface area contributed by atoms with Crippen LogP contribution in [0.1, 0.15) is 23.2 Å². The summed E-state index contributed by atoms with van der Waals surface area (Å²) in [7, 11) is 3.29. The Labute approximate surface area is 152 Å². The van der Waals surface area contributed by atoms with E-state index < -0.39 is 0 Å². The molecular formula is C19H22N4O3. The normalized spacial score (nSPS) is 12.0. The van der Waals surface area contributed by atoms with E-state index in [1.165, 1.54) is 0 Å². The van der Waals surface area contributed by atoms with Crippen molar-refractivity contribution in [2.24, 2.45) is 5.73 Å². The van der Waals surface area contributed by atoms with Gasteiger partial charge >= 0.3 is 0 Å². The van der Waals surface area contributed by atoms with Gasteiger partial charge in [0.25, 0.3) is 0 Å². The van der Waals surface area contributed by atoms with Gasteiger partial charge in [0.05, 0.1) is 13.7 Å². The van der Waals surface area contributed by atoms with E-state index in [0.29, 0.717) is 18.3 Å². The average Bonchev–Trinajstić information content (AvgIpc) is 3.08. The van der Waals surface area contributed by atoms with Gasteiger partial charge in [-0.3, -0.25) is 0 Å². The lowest BCUT2D eigenvalue weighted by molar-refractivity contribution is 0.184. The third kappa shape index (κ3) is 4.19. The van der Waals surface area contributed by atoms with Crippen LogP contribution in [0, 0.1) is 6.92 Å². The number of benzene rings is 2. The van der Waals surface area contributed by atoms with Gasteiger partial charge in [0.15, 0.2) is 0 Å². The van der Waals surface area contributed by atoms with Crippen LogP contribution in [-0.2, 0) is 11.3 Å². The van der Waals surface area contributed by atoms with E-state index in [9.17, 15) is 0 Å². The maximum atomic E-state index is 6.32. The number of ether oxygens (including phenoxy) is 2. The molecule has 0 amide bonds. The third-order valence-corrected chi connectivity index (χ3v) is 3.89. The van der Waals surface area contributed by atoms with E-state index in [2.05, 4.69) is 15.5 Å². The lowest BCUT2D eigenvalue weighted by Crippen LogP contribution is -2.20. The molecule has 3 N–H and O–H groups in total. The van der Waals surface area contributed by atoms with Crippen LogP contribution in [0.3, 0.4) is 0 Å². The summed E-state index contributed by atoms with van der Waals surface area (Å²) in [5, 5.41) is 7.19. The van der Waals surface area contributed by atoms with Crippen LogP contribution in [0.25, 0.3) is 11.4 Å². The molecule has 3 aromatic rings. The molecule has 1 heterocycles. The molecular weight excluding hydrogens is 332 g/mol. The van der Waals surface area contributed by atoms with Gasteiger partial charge in [-0.15, -0.1) is 0 Å². The smallest absolute Gasteiger partial charge is 0.223 e. The summed E-state index contributed by atoms with van der Waals surface area (Å²) in [5.41, 5.74) is 10.0. The van der Waals surface area contributed by atoms with Crippen molar-refractivity contribution in [3.8, 4) is 17.1 Å². The van der Waals surface area contributed by atoms with Crippen LogP contribution in [0.15, 0.2) is 47.0 Å². The van der Waals surface area contributed by atoms with Crippen LogP contribution in [0.4, 0.5) is 5.69 Å². The molecule has 2 aromatic carbocycles. The number of nitrogens with zero attached hydrogens (tertiary/aromatic N) is 2. The largest absolute Gasteiger partial charge is 0.497 e. The lowest BCUT2D eigenvalue weighted by atomic mass is 10.1. The van der Waals surface area contributed by atoms with Gasteiger partial charge in [-0.05, 0) is 53.6 Å². The second kappa shape index (κ2) is 7.99. The minimum absolute atomic E-state index is 0.390. The predicted octanol–water partition coefficient (Wildman–Crippen LogP) is 3.27. The van der Waals surface area contributed by atoms with Crippen LogP contribution in [-0.4, -0.2) is 24.4 Å². The van der Waals surface area contributed by atoms with Crippen LogP contribution < -0.4 is 15.8 Å². The number of rotatable bonds is 7. The van der Waals surface area contributed by atoms with Crippen LogP contribution in [0.5, 0.6) is 5.75 Å². The van der Waals surface area contributed by atoms with Crippen LogP contribution in [0.2, 0.25) is 0 Å². The van der Waals surface area contributed by atoms with Crippen molar-refractivity contribution >= 4 is 5.69 Å².